The lowest BCUT2D eigenvalue weighted by atomic mass is 9.88. The van der Waals surface area contributed by atoms with Crippen molar-refractivity contribution in [2.75, 3.05) is 5.32 Å². The summed E-state index contributed by atoms with van der Waals surface area (Å²) in [4.78, 5) is 25.2. The molecule has 1 fully saturated rings. The van der Waals surface area contributed by atoms with Gasteiger partial charge in [-0.25, -0.2) is 4.98 Å². The summed E-state index contributed by atoms with van der Waals surface area (Å²) in [5, 5.41) is 13.0. The molecule has 8 nitrogen and oxygen atoms in total. The lowest BCUT2D eigenvalue weighted by molar-refractivity contribution is -0.120. The summed E-state index contributed by atoms with van der Waals surface area (Å²) in [5.41, 5.74) is 8.50. The second-order valence-electron chi connectivity index (χ2n) is 10.5. The van der Waals surface area contributed by atoms with Crippen LogP contribution < -0.4 is 5.32 Å². The molecule has 0 spiro atoms. The van der Waals surface area contributed by atoms with Gasteiger partial charge in [-0.3, -0.25) is 14.9 Å². The molecule has 2 aromatic carbocycles. The van der Waals surface area contributed by atoms with Gasteiger partial charge in [0.2, 0.25) is 5.91 Å². The number of anilines is 1. The van der Waals surface area contributed by atoms with Gasteiger partial charge in [-0.05, 0) is 61.7 Å². The molecule has 0 radical (unpaired) electrons. The Morgan fingerprint density at radius 2 is 1.87 bits per heavy atom. The number of H-pyrrole nitrogens is 2. The molecule has 1 saturated carbocycles. The molecule has 0 aliphatic heterocycles. The van der Waals surface area contributed by atoms with Crippen LogP contribution in [0.15, 0.2) is 73.4 Å². The SMILES string of the molecule is Cc1cn(-c2cccc3[nH]c(-c4n[nH]c5ccc(-c6cncc(NC(=O)C7CCCCC7)c6)cc45)cc23)cn1. The Hall–Kier alpha value is -4.72. The van der Waals surface area contributed by atoms with Gasteiger partial charge in [0.15, 0.2) is 0 Å². The molecule has 39 heavy (non-hydrogen) atoms. The number of aryl methyl sites for hydroxylation is 1. The van der Waals surface area contributed by atoms with Crippen LogP contribution in [0.4, 0.5) is 5.69 Å². The summed E-state index contributed by atoms with van der Waals surface area (Å²) in [6, 6.07) is 16.6. The normalized spacial score (nSPS) is 14.3. The van der Waals surface area contributed by atoms with Crippen LogP contribution in [-0.2, 0) is 4.79 Å². The van der Waals surface area contributed by atoms with Crippen molar-refractivity contribution in [1.82, 2.24) is 29.7 Å². The smallest absolute Gasteiger partial charge is 0.227 e. The van der Waals surface area contributed by atoms with Crippen molar-refractivity contribution in [2.24, 2.45) is 5.92 Å². The van der Waals surface area contributed by atoms with Crippen molar-refractivity contribution in [3.05, 3.63) is 79.1 Å². The molecule has 7 rings (SSSR count). The highest BCUT2D eigenvalue weighted by Gasteiger charge is 2.21. The number of rotatable bonds is 5. The van der Waals surface area contributed by atoms with Crippen LogP contribution in [-0.4, -0.2) is 35.6 Å². The first-order chi connectivity index (χ1) is 19.1. The quantitative estimate of drug-likeness (QED) is 0.235. The first kappa shape index (κ1) is 23.4. The minimum atomic E-state index is 0.0990. The number of benzene rings is 2. The fourth-order valence-electron chi connectivity index (χ4n) is 5.72. The number of pyridine rings is 1. The number of imidazole rings is 1. The minimum Gasteiger partial charge on any atom is -0.353 e. The van der Waals surface area contributed by atoms with Crippen molar-refractivity contribution in [1.29, 1.82) is 0 Å². The number of carbonyl (C=O) groups is 1. The van der Waals surface area contributed by atoms with Gasteiger partial charge in [0.1, 0.15) is 5.69 Å². The number of aromatic nitrogens is 6. The summed E-state index contributed by atoms with van der Waals surface area (Å²) in [5.74, 6) is 0.201. The second-order valence-corrected chi connectivity index (χ2v) is 10.5. The topological polar surface area (TPSA) is 104 Å². The second kappa shape index (κ2) is 9.54. The third-order valence-electron chi connectivity index (χ3n) is 7.76. The van der Waals surface area contributed by atoms with Gasteiger partial charge in [0.05, 0.1) is 40.8 Å². The highest BCUT2D eigenvalue weighted by Crippen LogP contribution is 2.34. The number of carbonyl (C=O) groups excluding carboxylic acids is 1. The van der Waals surface area contributed by atoms with Crippen LogP contribution in [0.1, 0.15) is 37.8 Å². The van der Waals surface area contributed by atoms with Crippen molar-refractivity contribution in [3.63, 3.8) is 0 Å². The average Bonchev–Trinajstić information content (AvgIpc) is 3.71. The highest BCUT2D eigenvalue weighted by molar-refractivity contribution is 5.99. The maximum Gasteiger partial charge on any atom is 0.227 e. The Kier molecular flexibility index (Phi) is 5.73. The van der Waals surface area contributed by atoms with E-state index in [1.807, 2.05) is 48.4 Å². The number of hydrogen-bond donors (Lipinski definition) is 3. The van der Waals surface area contributed by atoms with Gasteiger partial charge < -0.3 is 14.9 Å². The lowest BCUT2D eigenvalue weighted by Gasteiger charge is -2.20. The zero-order valence-electron chi connectivity index (χ0n) is 21.7. The Bertz CT molecular complexity index is 1820. The summed E-state index contributed by atoms with van der Waals surface area (Å²) in [6.45, 7) is 1.99. The number of nitrogens with one attached hydrogen (secondary N) is 3. The number of hydrogen-bond acceptors (Lipinski definition) is 4. The Labute approximate surface area is 225 Å². The molecular formula is C31H29N7O. The molecule has 3 N–H and O–H groups in total. The molecule has 0 saturated heterocycles. The zero-order chi connectivity index (χ0) is 26.3. The maximum atomic E-state index is 12.8. The fourth-order valence-corrected chi connectivity index (χ4v) is 5.72. The summed E-state index contributed by atoms with van der Waals surface area (Å²) in [6.07, 6.45) is 12.8. The molecule has 1 amide bonds. The zero-order valence-corrected chi connectivity index (χ0v) is 21.7. The van der Waals surface area contributed by atoms with E-state index in [2.05, 4.69) is 60.8 Å². The summed E-state index contributed by atoms with van der Waals surface area (Å²) in [7, 11) is 0. The van der Waals surface area contributed by atoms with Gasteiger partial charge in [0, 0.05) is 40.2 Å². The van der Waals surface area contributed by atoms with E-state index in [0.29, 0.717) is 0 Å². The summed E-state index contributed by atoms with van der Waals surface area (Å²) < 4.78 is 2.04. The lowest BCUT2D eigenvalue weighted by Crippen LogP contribution is -2.24. The van der Waals surface area contributed by atoms with E-state index >= 15 is 0 Å². The number of aromatic amines is 2. The standard InChI is InChI=1S/C31H29N7O/c1-19-17-38(18-33-19)29-9-5-8-26-24(29)14-28(35-26)30-25-13-21(10-11-27(25)36-37-30)22-12-23(16-32-15-22)34-31(39)20-6-3-2-4-7-20/h5,8-18,20,35H,2-4,6-7H2,1H3,(H,34,39)(H,36,37). The first-order valence-corrected chi connectivity index (χ1v) is 13.5. The van der Waals surface area contributed by atoms with Crippen molar-refractivity contribution in [2.45, 2.75) is 39.0 Å². The predicted molar refractivity (Wildman–Crippen MR) is 154 cm³/mol. The Morgan fingerprint density at radius 3 is 2.72 bits per heavy atom. The molecule has 1 aliphatic carbocycles. The molecule has 4 aromatic heterocycles. The predicted octanol–water partition coefficient (Wildman–Crippen LogP) is 6.79. The maximum absolute atomic E-state index is 12.8. The molecule has 1 aliphatic rings. The van der Waals surface area contributed by atoms with Gasteiger partial charge >= 0.3 is 0 Å². The molecular weight excluding hydrogens is 486 g/mol. The molecule has 194 valence electrons. The van der Waals surface area contributed by atoms with Crippen LogP contribution in [0.5, 0.6) is 0 Å². The minimum absolute atomic E-state index is 0.0990. The number of amides is 1. The number of nitrogens with zero attached hydrogens (tertiary/aromatic N) is 4. The van der Waals surface area contributed by atoms with Crippen LogP contribution in [0.3, 0.4) is 0 Å². The van der Waals surface area contributed by atoms with E-state index in [1.54, 1.807) is 6.20 Å². The van der Waals surface area contributed by atoms with Crippen LogP contribution in [0, 0.1) is 12.8 Å². The largest absolute Gasteiger partial charge is 0.353 e. The van der Waals surface area contributed by atoms with Gasteiger partial charge in [0.25, 0.3) is 0 Å². The molecule has 0 bridgehead atoms. The number of fused-ring (bicyclic) bond motifs is 2. The Balaban J connectivity index is 1.22. The molecule has 0 unspecified atom stereocenters. The van der Waals surface area contributed by atoms with E-state index in [0.717, 1.165) is 87.1 Å². The van der Waals surface area contributed by atoms with Gasteiger partial charge in [-0.2, -0.15) is 5.10 Å². The average molecular weight is 516 g/mol. The molecule has 0 atom stereocenters. The monoisotopic (exact) mass is 515 g/mol. The third kappa shape index (κ3) is 4.37. The third-order valence-corrected chi connectivity index (χ3v) is 7.76. The van der Waals surface area contributed by atoms with Crippen LogP contribution in [0.2, 0.25) is 0 Å². The molecule has 6 aromatic rings. The van der Waals surface area contributed by atoms with Gasteiger partial charge in [-0.1, -0.05) is 31.4 Å². The first-order valence-electron chi connectivity index (χ1n) is 13.5. The van der Waals surface area contributed by atoms with Crippen molar-refractivity contribution < 1.29 is 4.79 Å². The van der Waals surface area contributed by atoms with Crippen molar-refractivity contribution >= 4 is 33.4 Å². The Morgan fingerprint density at radius 1 is 0.974 bits per heavy atom. The van der Waals surface area contributed by atoms with Gasteiger partial charge in [-0.15, -0.1) is 0 Å². The van der Waals surface area contributed by atoms with E-state index in [4.69, 9.17) is 0 Å². The fraction of sp³-hybridized carbons (Fsp3) is 0.226. The van der Waals surface area contributed by atoms with Crippen molar-refractivity contribution in [3.8, 4) is 28.2 Å². The molecule has 4 heterocycles. The van der Waals surface area contributed by atoms with E-state index in [9.17, 15) is 4.79 Å². The molecule has 8 heteroatoms. The van der Waals surface area contributed by atoms with E-state index in [-0.39, 0.29) is 11.8 Å². The van der Waals surface area contributed by atoms with E-state index < -0.39 is 0 Å². The van der Waals surface area contributed by atoms with Crippen LogP contribution >= 0.6 is 0 Å². The van der Waals surface area contributed by atoms with Crippen LogP contribution in [0.25, 0.3) is 50.0 Å². The summed E-state index contributed by atoms with van der Waals surface area (Å²) >= 11 is 0. The van der Waals surface area contributed by atoms with E-state index in [1.165, 1.54) is 6.42 Å². The highest BCUT2D eigenvalue weighted by atomic mass is 16.1.